The molecule has 0 atom stereocenters. The molecule has 0 aliphatic carbocycles. The van der Waals surface area contributed by atoms with Gasteiger partial charge < -0.3 is 13.9 Å². The Labute approximate surface area is 171 Å². The minimum atomic E-state index is -0.435. The van der Waals surface area contributed by atoms with Gasteiger partial charge in [0.1, 0.15) is 11.3 Å². The van der Waals surface area contributed by atoms with Gasteiger partial charge in [-0.2, -0.15) is 0 Å². The highest BCUT2D eigenvalue weighted by molar-refractivity contribution is 7.13. The number of hydrogen-bond donors (Lipinski definition) is 1. The second-order valence-corrected chi connectivity index (χ2v) is 7.81. The van der Waals surface area contributed by atoms with Crippen molar-refractivity contribution < 1.29 is 13.9 Å². The molecule has 0 saturated heterocycles. The number of fused-ring (bicyclic) bond motifs is 1. The Balaban J connectivity index is 1.62. The van der Waals surface area contributed by atoms with E-state index in [9.17, 15) is 9.90 Å². The van der Waals surface area contributed by atoms with E-state index in [-0.39, 0.29) is 5.75 Å². The zero-order valence-corrected chi connectivity index (χ0v) is 17.0. The van der Waals surface area contributed by atoms with E-state index >= 15 is 0 Å². The Bertz CT molecular complexity index is 1180. The van der Waals surface area contributed by atoms with E-state index in [0.717, 1.165) is 28.8 Å². The standard InChI is InChI=1S/C21H21N3O4S/c1-3-8-24(12-18-22-23-21(27-18)17-5-4-9-29-17)11-14-10-19(26)28-20-13(2)16(25)7-6-15(14)20/h4-7,9-10,25H,3,8,11-12H2,1-2H3. The van der Waals surface area contributed by atoms with Crippen LogP contribution in [0.25, 0.3) is 21.7 Å². The van der Waals surface area contributed by atoms with Gasteiger partial charge in [-0.3, -0.25) is 4.90 Å². The molecule has 0 aliphatic heterocycles. The predicted octanol–water partition coefficient (Wildman–Crippen LogP) is 4.33. The van der Waals surface area contributed by atoms with E-state index in [1.54, 1.807) is 30.4 Å². The van der Waals surface area contributed by atoms with Crippen LogP contribution in [0.15, 0.2) is 49.3 Å². The molecule has 29 heavy (non-hydrogen) atoms. The maximum Gasteiger partial charge on any atom is 0.336 e. The molecule has 150 valence electrons. The molecule has 0 radical (unpaired) electrons. The first-order chi connectivity index (χ1) is 14.0. The van der Waals surface area contributed by atoms with E-state index < -0.39 is 5.63 Å². The van der Waals surface area contributed by atoms with Crippen LogP contribution in [0.3, 0.4) is 0 Å². The molecule has 1 aromatic carbocycles. The molecule has 0 spiro atoms. The van der Waals surface area contributed by atoms with Crippen molar-refractivity contribution in [1.29, 1.82) is 0 Å². The van der Waals surface area contributed by atoms with Gasteiger partial charge in [0.2, 0.25) is 5.89 Å². The number of aryl methyl sites for hydroxylation is 1. The van der Waals surface area contributed by atoms with Crippen molar-refractivity contribution in [2.45, 2.75) is 33.4 Å². The van der Waals surface area contributed by atoms with Gasteiger partial charge in [-0.25, -0.2) is 4.79 Å². The molecular weight excluding hydrogens is 390 g/mol. The van der Waals surface area contributed by atoms with Crippen LogP contribution in [0.2, 0.25) is 0 Å². The Morgan fingerprint density at radius 3 is 2.79 bits per heavy atom. The van der Waals surface area contributed by atoms with Crippen LogP contribution in [0, 0.1) is 6.92 Å². The van der Waals surface area contributed by atoms with Gasteiger partial charge in [0, 0.05) is 23.6 Å². The Morgan fingerprint density at radius 2 is 2.03 bits per heavy atom. The molecule has 7 nitrogen and oxygen atoms in total. The fourth-order valence-electron chi connectivity index (χ4n) is 3.33. The lowest BCUT2D eigenvalue weighted by Crippen LogP contribution is -2.24. The third kappa shape index (κ3) is 4.08. The Hall–Kier alpha value is -2.97. The highest BCUT2D eigenvalue weighted by atomic mass is 32.1. The third-order valence-electron chi connectivity index (χ3n) is 4.71. The van der Waals surface area contributed by atoms with Crippen molar-refractivity contribution in [3.8, 4) is 16.5 Å². The number of phenols is 1. The smallest absolute Gasteiger partial charge is 0.336 e. The second kappa shape index (κ2) is 8.18. The molecule has 4 rings (SSSR count). The zero-order chi connectivity index (χ0) is 20.4. The quantitative estimate of drug-likeness (QED) is 0.452. The highest BCUT2D eigenvalue weighted by Gasteiger charge is 2.17. The molecule has 0 saturated carbocycles. The lowest BCUT2D eigenvalue weighted by atomic mass is 10.1. The van der Waals surface area contributed by atoms with Crippen LogP contribution in [0.4, 0.5) is 0 Å². The number of hydrogen-bond acceptors (Lipinski definition) is 8. The van der Waals surface area contributed by atoms with E-state index in [4.69, 9.17) is 8.83 Å². The first-order valence-electron chi connectivity index (χ1n) is 9.39. The van der Waals surface area contributed by atoms with Gasteiger partial charge in [0.25, 0.3) is 5.89 Å². The van der Waals surface area contributed by atoms with Crippen LogP contribution in [0.5, 0.6) is 5.75 Å². The number of phenolic OH excluding ortho intramolecular Hbond substituents is 1. The van der Waals surface area contributed by atoms with Crippen LogP contribution in [-0.2, 0) is 13.1 Å². The predicted molar refractivity (Wildman–Crippen MR) is 111 cm³/mol. The van der Waals surface area contributed by atoms with Gasteiger partial charge in [0.15, 0.2) is 0 Å². The first kappa shape index (κ1) is 19.4. The van der Waals surface area contributed by atoms with Crippen molar-refractivity contribution >= 4 is 22.3 Å². The molecule has 8 heteroatoms. The summed E-state index contributed by atoms with van der Waals surface area (Å²) in [4.78, 5) is 15.2. The summed E-state index contributed by atoms with van der Waals surface area (Å²) in [5.74, 6) is 1.15. The summed E-state index contributed by atoms with van der Waals surface area (Å²) in [5.41, 5.74) is 1.38. The molecule has 1 N–H and O–H groups in total. The summed E-state index contributed by atoms with van der Waals surface area (Å²) in [6.07, 6.45) is 0.936. The molecule has 4 aromatic rings. The van der Waals surface area contributed by atoms with Crippen LogP contribution in [0.1, 0.15) is 30.4 Å². The van der Waals surface area contributed by atoms with E-state index in [2.05, 4.69) is 22.0 Å². The Kier molecular flexibility index (Phi) is 5.46. The van der Waals surface area contributed by atoms with E-state index in [1.165, 1.54) is 6.07 Å². The first-order valence-corrected chi connectivity index (χ1v) is 10.3. The zero-order valence-electron chi connectivity index (χ0n) is 16.2. The Morgan fingerprint density at radius 1 is 1.17 bits per heavy atom. The molecule has 3 heterocycles. The topological polar surface area (TPSA) is 92.6 Å². The number of aromatic nitrogens is 2. The van der Waals surface area contributed by atoms with Crippen molar-refractivity contribution in [1.82, 2.24) is 15.1 Å². The minimum Gasteiger partial charge on any atom is -0.508 e. The maximum atomic E-state index is 12.1. The molecule has 0 fully saturated rings. The lowest BCUT2D eigenvalue weighted by Gasteiger charge is -2.20. The van der Waals surface area contributed by atoms with Gasteiger partial charge in [-0.1, -0.05) is 13.0 Å². The summed E-state index contributed by atoms with van der Waals surface area (Å²) in [7, 11) is 0. The minimum absolute atomic E-state index is 0.107. The highest BCUT2D eigenvalue weighted by Crippen LogP contribution is 2.28. The van der Waals surface area contributed by atoms with Gasteiger partial charge in [-0.05, 0) is 49.0 Å². The average Bonchev–Trinajstić information content (AvgIpc) is 3.37. The van der Waals surface area contributed by atoms with Gasteiger partial charge >= 0.3 is 5.63 Å². The van der Waals surface area contributed by atoms with E-state index in [1.807, 2.05) is 17.5 Å². The molecule has 0 bridgehead atoms. The molecule has 0 unspecified atom stereocenters. The summed E-state index contributed by atoms with van der Waals surface area (Å²) in [6, 6.07) is 8.79. The normalized spacial score (nSPS) is 11.6. The monoisotopic (exact) mass is 411 g/mol. The number of nitrogens with zero attached hydrogens (tertiary/aromatic N) is 3. The second-order valence-electron chi connectivity index (χ2n) is 6.87. The van der Waals surface area contributed by atoms with Crippen LogP contribution < -0.4 is 5.63 Å². The number of aromatic hydroxyl groups is 1. The maximum absolute atomic E-state index is 12.1. The molecule has 3 aromatic heterocycles. The van der Waals surface area contributed by atoms with Crippen LogP contribution >= 0.6 is 11.3 Å². The van der Waals surface area contributed by atoms with Gasteiger partial charge in [-0.15, -0.1) is 21.5 Å². The van der Waals surface area contributed by atoms with Gasteiger partial charge in [0.05, 0.1) is 11.4 Å². The summed E-state index contributed by atoms with van der Waals surface area (Å²) in [5, 5.41) is 21.0. The summed E-state index contributed by atoms with van der Waals surface area (Å²) >= 11 is 1.55. The lowest BCUT2D eigenvalue weighted by molar-refractivity contribution is 0.232. The number of thiophene rings is 1. The molecule has 0 amide bonds. The summed E-state index contributed by atoms with van der Waals surface area (Å²) in [6.45, 7) is 5.63. The van der Waals surface area contributed by atoms with Crippen molar-refractivity contribution in [3.05, 3.63) is 63.1 Å². The van der Waals surface area contributed by atoms with Crippen LogP contribution in [-0.4, -0.2) is 26.7 Å². The van der Waals surface area contributed by atoms with Crippen molar-refractivity contribution in [2.75, 3.05) is 6.54 Å². The van der Waals surface area contributed by atoms with Crippen molar-refractivity contribution in [2.24, 2.45) is 0 Å². The fraction of sp³-hybridized carbons (Fsp3) is 0.286. The molecular formula is C21H21N3O4S. The summed E-state index contributed by atoms with van der Waals surface area (Å²) < 4.78 is 11.2. The number of rotatable bonds is 7. The molecule has 0 aliphatic rings. The average molecular weight is 411 g/mol. The SMILES string of the molecule is CCCN(Cc1nnc(-c2cccs2)o1)Cc1cc(=O)oc2c(C)c(O)ccc12. The van der Waals surface area contributed by atoms with E-state index in [0.29, 0.717) is 36.0 Å². The number of benzene rings is 1. The fourth-order valence-corrected chi connectivity index (χ4v) is 3.97. The largest absolute Gasteiger partial charge is 0.508 e. The third-order valence-corrected chi connectivity index (χ3v) is 5.57. The van der Waals surface area contributed by atoms with Crippen molar-refractivity contribution in [3.63, 3.8) is 0 Å².